The zero-order chi connectivity index (χ0) is 22.6. The van der Waals surface area contributed by atoms with E-state index in [4.69, 9.17) is 20.5 Å². The van der Waals surface area contributed by atoms with Crippen LogP contribution >= 0.6 is 11.8 Å². The molecule has 1 aromatic heterocycles. The average molecular weight is 465 g/mol. The zero-order valence-corrected chi connectivity index (χ0v) is 18.2. The predicted molar refractivity (Wildman–Crippen MR) is 116 cm³/mol. The van der Waals surface area contributed by atoms with Crippen molar-refractivity contribution in [1.82, 2.24) is 14.9 Å². The number of amides is 1. The summed E-state index contributed by atoms with van der Waals surface area (Å²) < 4.78 is 34.3. The summed E-state index contributed by atoms with van der Waals surface area (Å²) in [6, 6.07) is 10.7. The van der Waals surface area contributed by atoms with Gasteiger partial charge in [-0.05, 0) is 42.5 Å². The fourth-order valence-corrected chi connectivity index (χ4v) is 3.77. The Morgan fingerprint density at radius 1 is 1.10 bits per heavy atom. The summed E-state index contributed by atoms with van der Waals surface area (Å²) in [5.74, 6) is 7.25. The van der Waals surface area contributed by atoms with E-state index in [1.54, 1.807) is 18.2 Å². The second-order valence-electron chi connectivity index (χ2n) is 6.15. The van der Waals surface area contributed by atoms with Crippen LogP contribution in [0.15, 0.2) is 52.5 Å². The number of carbonyl (C=O) groups is 1. The van der Waals surface area contributed by atoms with E-state index >= 15 is 0 Å². The lowest BCUT2D eigenvalue weighted by Gasteiger charge is -2.09. The summed E-state index contributed by atoms with van der Waals surface area (Å²) in [6.07, 6.45) is 0. The third-order valence-electron chi connectivity index (χ3n) is 4.11. The first-order valence-electron chi connectivity index (χ1n) is 8.71. The number of sulfonamides is 1. The molecule has 0 aliphatic rings. The zero-order valence-electron chi connectivity index (χ0n) is 16.6. The van der Waals surface area contributed by atoms with Crippen LogP contribution in [0.5, 0.6) is 11.5 Å². The Kier molecular flexibility index (Phi) is 6.68. The minimum atomic E-state index is -3.79. The fourth-order valence-electron chi connectivity index (χ4n) is 2.60. The summed E-state index contributed by atoms with van der Waals surface area (Å²) in [6.45, 7) is 0. The summed E-state index contributed by atoms with van der Waals surface area (Å²) in [7, 11) is -0.728. The van der Waals surface area contributed by atoms with Gasteiger partial charge in [-0.15, -0.1) is 10.2 Å². The molecule has 2 aromatic carbocycles. The van der Waals surface area contributed by atoms with Crippen molar-refractivity contribution in [1.29, 1.82) is 0 Å². The van der Waals surface area contributed by atoms with E-state index in [-0.39, 0.29) is 16.6 Å². The highest BCUT2D eigenvalue weighted by Crippen LogP contribution is 2.32. The SMILES string of the molecule is COc1ccc(-c2nnc(SCC(=O)Nc3ccc(S(N)(=O)=O)cc3)n2N)cc1OC. The molecule has 0 fully saturated rings. The van der Waals surface area contributed by atoms with Crippen molar-refractivity contribution >= 4 is 33.4 Å². The number of anilines is 1. The van der Waals surface area contributed by atoms with Gasteiger partial charge >= 0.3 is 0 Å². The van der Waals surface area contributed by atoms with Crippen LogP contribution in [0.25, 0.3) is 11.4 Å². The third kappa shape index (κ3) is 5.25. The molecule has 3 aromatic rings. The van der Waals surface area contributed by atoms with Gasteiger partial charge in [-0.3, -0.25) is 4.79 Å². The number of nitrogens with two attached hydrogens (primary N) is 2. The Bertz CT molecular complexity index is 1190. The summed E-state index contributed by atoms with van der Waals surface area (Å²) in [5.41, 5.74) is 1.09. The molecule has 1 heterocycles. The van der Waals surface area contributed by atoms with Crippen molar-refractivity contribution < 1.29 is 22.7 Å². The Morgan fingerprint density at radius 2 is 1.77 bits per heavy atom. The van der Waals surface area contributed by atoms with Gasteiger partial charge in [-0.1, -0.05) is 11.8 Å². The van der Waals surface area contributed by atoms with Gasteiger partial charge in [0.2, 0.25) is 21.1 Å². The minimum absolute atomic E-state index is 0.0121. The smallest absolute Gasteiger partial charge is 0.238 e. The topological polar surface area (TPSA) is 164 Å². The molecule has 0 spiro atoms. The Hall–Kier alpha value is -3.29. The number of hydrogen-bond acceptors (Lipinski definition) is 9. The highest BCUT2D eigenvalue weighted by Gasteiger charge is 2.16. The van der Waals surface area contributed by atoms with Gasteiger partial charge in [0.25, 0.3) is 0 Å². The van der Waals surface area contributed by atoms with Crippen molar-refractivity contribution in [3.05, 3.63) is 42.5 Å². The highest BCUT2D eigenvalue weighted by molar-refractivity contribution is 7.99. The number of nitrogen functional groups attached to an aromatic ring is 1. The Balaban J connectivity index is 1.65. The number of thioether (sulfide) groups is 1. The molecule has 5 N–H and O–H groups in total. The molecule has 3 rings (SSSR count). The predicted octanol–water partition coefficient (Wildman–Crippen LogP) is 1.05. The number of ether oxygens (including phenoxy) is 2. The number of aromatic nitrogens is 3. The molecule has 0 aliphatic carbocycles. The summed E-state index contributed by atoms with van der Waals surface area (Å²) in [4.78, 5) is 12.2. The quantitative estimate of drug-likeness (QED) is 0.326. The number of hydrogen-bond donors (Lipinski definition) is 3. The van der Waals surface area contributed by atoms with Gasteiger partial charge in [-0.25, -0.2) is 18.2 Å². The van der Waals surface area contributed by atoms with E-state index in [0.29, 0.717) is 33.7 Å². The molecule has 13 heteroatoms. The molecule has 0 aliphatic heterocycles. The van der Waals surface area contributed by atoms with E-state index in [1.165, 1.54) is 43.2 Å². The first-order valence-corrected chi connectivity index (χ1v) is 11.2. The molecule has 11 nitrogen and oxygen atoms in total. The van der Waals surface area contributed by atoms with Crippen LogP contribution in [0.2, 0.25) is 0 Å². The third-order valence-corrected chi connectivity index (χ3v) is 5.98. The van der Waals surface area contributed by atoms with Crippen LogP contribution in [0, 0.1) is 0 Å². The lowest BCUT2D eigenvalue weighted by molar-refractivity contribution is -0.113. The molecule has 0 saturated heterocycles. The van der Waals surface area contributed by atoms with Crippen LogP contribution in [0.1, 0.15) is 0 Å². The number of methoxy groups -OCH3 is 2. The molecule has 164 valence electrons. The van der Waals surface area contributed by atoms with Crippen LogP contribution in [0.4, 0.5) is 5.69 Å². The molecule has 0 unspecified atom stereocenters. The lowest BCUT2D eigenvalue weighted by atomic mass is 10.2. The van der Waals surface area contributed by atoms with E-state index in [0.717, 1.165) is 11.8 Å². The molecule has 0 atom stereocenters. The van der Waals surface area contributed by atoms with Gasteiger partial charge in [0.15, 0.2) is 17.3 Å². The number of carbonyl (C=O) groups excluding carboxylic acids is 1. The minimum Gasteiger partial charge on any atom is -0.493 e. The molecule has 0 radical (unpaired) electrons. The van der Waals surface area contributed by atoms with Gasteiger partial charge in [0, 0.05) is 11.3 Å². The maximum absolute atomic E-state index is 12.2. The van der Waals surface area contributed by atoms with Gasteiger partial charge < -0.3 is 20.6 Å². The van der Waals surface area contributed by atoms with Crippen molar-refractivity contribution in [3.63, 3.8) is 0 Å². The first kappa shape index (κ1) is 22.4. The van der Waals surface area contributed by atoms with Crippen molar-refractivity contribution in [3.8, 4) is 22.9 Å². The highest BCUT2D eigenvalue weighted by atomic mass is 32.2. The Morgan fingerprint density at radius 3 is 2.39 bits per heavy atom. The van der Waals surface area contributed by atoms with E-state index in [9.17, 15) is 13.2 Å². The molecular formula is C18H20N6O5S2. The monoisotopic (exact) mass is 464 g/mol. The number of primary sulfonamides is 1. The van der Waals surface area contributed by atoms with Gasteiger partial charge in [0.05, 0.1) is 24.9 Å². The lowest BCUT2D eigenvalue weighted by Crippen LogP contribution is -2.17. The number of benzene rings is 2. The molecule has 0 saturated carbocycles. The van der Waals surface area contributed by atoms with Gasteiger partial charge in [-0.2, -0.15) is 0 Å². The number of nitrogens with zero attached hydrogens (tertiary/aromatic N) is 3. The van der Waals surface area contributed by atoms with E-state index in [1.807, 2.05) is 0 Å². The van der Waals surface area contributed by atoms with Gasteiger partial charge in [0.1, 0.15) is 0 Å². The fraction of sp³-hybridized carbons (Fsp3) is 0.167. The van der Waals surface area contributed by atoms with Crippen LogP contribution < -0.4 is 25.8 Å². The second-order valence-corrected chi connectivity index (χ2v) is 8.66. The van der Waals surface area contributed by atoms with Crippen molar-refractivity contribution in [2.45, 2.75) is 10.1 Å². The summed E-state index contributed by atoms with van der Waals surface area (Å²) in [5, 5.41) is 16.1. The van der Waals surface area contributed by atoms with Crippen LogP contribution in [-0.2, 0) is 14.8 Å². The number of rotatable bonds is 8. The maximum Gasteiger partial charge on any atom is 0.238 e. The Labute approximate surface area is 182 Å². The largest absolute Gasteiger partial charge is 0.493 e. The molecule has 31 heavy (non-hydrogen) atoms. The van der Waals surface area contributed by atoms with E-state index < -0.39 is 10.0 Å². The normalized spacial score (nSPS) is 11.2. The first-order chi connectivity index (χ1) is 14.7. The standard InChI is InChI=1S/C18H20N6O5S2/c1-28-14-8-3-11(9-15(14)29-2)17-22-23-18(24(17)19)30-10-16(25)21-12-4-6-13(7-5-12)31(20,26)27/h3-9H,10,19H2,1-2H3,(H,21,25)(H2,20,26,27). The van der Waals surface area contributed by atoms with Crippen LogP contribution in [0.3, 0.4) is 0 Å². The van der Waals surface area contributed by atoms with Crippen molar-refractivity contribution in [2.75, 3.05) is 31.1 Å². The molecule has 1 amide bonds. The van der Waals surface area contributed by atoms with Crippen LogP contribution in [-0.4, -0.2) is 49.2 Å². The van der Waals surface area contributed by atoms with Crippen molar-refractivity contribution in [2.24, 2.45) is 5.14 Å². The second kappa shape index (κ2) is 9.24. The average Bonchev–Trinajstić information content (AvgIpc) is 3.11. The van der Waals surface area contributed by atoms with E-state index in [2.05, 4.69) is 15.5 Å². The maximum atomic E-state index is 12.2. The number of nitrogens with one attached hydrogen (secondary N) is 1. The molecule has 0 bridgehead atoms. The molecular weight excluding hydrogens is 444 g/mol. The summed E-state index contributed by atoms with van der Waals surface area (Å²) >= 11 is 1.10.